The highest BCUT2D eigenvalue weighted by Crippen LogP contribution is 2.21. The second-order valence-electron chi connectivity index (χ2n) is 2.34. The SMILES string of the molecule is O[C@H](CCl)c1ccc(F)c(Br)c1. The average Bonchev–Trinajstić information content (AvgIpc) is 2.08. The van der Waals surface area contributed by atoms with E-state index in [1.165, 1.54) is 18.2 Å². The van der Waals surface area contributed by atoms with Crippen molar-refractivity contribution in [3.8, 4) is 0 Å². The van der Waals surface area contributed by atoms with Gasteiger partial charge in [-0.25, -0.2) is 4.39 Å². The van der Waals surface area contributed by atoms with Crippen molar-refractivity contribution in [1.82, 2.24) is 0 Å². The van der Waals surface area contributed by atoms with E-state index in [0.717, 1.165) is 0 Å². The molecule has 1 atom stereocenters. The van der Waals surface area contributed by atoms with Crippen LogP contribution in [-0.2, 0) is 0 Å². The molecule has 0 saturated heterocycles. The van der Waals surface area contributed by atoms with Crippen molar-refractivity contribution in [2.75, 3.05) is 5.88 Å². The second kappa shape index (κ2) is 4.21. The molecule has 12 heavy (non-hydrogen) atoms. The van der Waals surface area contributed by atoms with Crippen molar-refractivity contribution in [2.45, 2.75) is 6.10 Å². The summed E-state index contributed by atoms with van der Waals surface area (Å²) in [4.78, 5) is 0. The third-order valence-electron chi connectivity index (χ3n) is 1.47. The van der Waals surface area contributed by atoms with Crippen LogP contribution in [0.15, 0.2) is 22.7 Å². The van der Waals surface area contributed by atoms with Gasteiger partial charge < -0.3 is 5.11 Å². The van der Waals surface area contributed by atoms with E-state index in [1.54, 1.807) is 0 Å². The van der Waals surface area contributed by atoms with E-state index in [4.69, 9.17) is 11.6 Å². The molecule has 1 aromatic carbocycles. The fourth-order valence-electron chi connectivity index (χ4n) is 0.809. The number of halogens is 3. The van der Waals surface area contributed by atoms with Gasteiger partial charge in [0, 0.05) is 0 Å². The summed E-state index contributed by atoms with van der Waals surface area (Å²) in [5, 5.41) is 9.27. The first-order valence-corrected chi connectivity index (χ1v) is 4.67. The summed E-state index contributed by atoms with van der Waals surface area (Å²) in [7, 11) is 0. The van der Waals surface area contributed by atoms with Gasteiger partial charge in [-0.3, -0.25) is 0 Å². The molecule has 0 saturated carbocycles. The van der Waals surface area contributed by atoms with Crippen LogP contribution in [-0.4, -0.2) is 11.0 Å². The molecule has 0 aliphatic rings. The number of aliphatic hydroxyl groups is 1. The molecule has 0 aromatic heterocycles. The lowest BCUT2D eigenvalue weighted by Crippen LogP contribution is -1.98. The van der Waals surface area contributed by atoms with Gasteiger partial charge in [0.15, 0.2) is 0 Å². The highest BCUT2D eigenvalue weighted by Gasteiger charge is 2.07. The summed E-state index contributed by atoms with van der Waals surface area (Å²) in [6.07, 6.45) is -0.733. The molecule has 0 spiro atoms. The van der Waals surface area contributed by atoms with Crippen molar-refractivity contribution in [1.29, 1.82) is 0 Å². The molecular weight excluding hydrogens is 246 g/mol. The Kier molecular flexibility index (Phi) is 3.50. The van der Waals surface area contributed by atoms with Gasteiger partial charge in [-0.2, -0.15) is 0 Å². The molecular formula is C8H7BrClFO. The van der Waals surface area contributed by atoms with Crippen LogP contribution in [0.5, 0.6) is 0 Å². The van der Waals surface area contributed by atoms with Gasteiger partial charge in [-0.05, 0) is 33.6 Å². The maximum Gasteiger partial charge on any atom is 0.137 e. The van der Waals surface area contributed by atoms with E-state index < -0.39 is 6.10 Å². The number of hydrogen-bond donors (Lipinski definition) is 1. The standard InChI is InChI=1S/C8H7BrClFO/c9-6-3-5(8(12)4-10)1-2-7(6)11/h1-3,8,12H,4H2/t8-/m1/s1. The Morgan fingerprint density at radius 2 is 2.25 bits per heavy atom. The number of hydrogen-bond acceptors (Lipinski definition) is 1. The quantitative estimate of drug-likeness (QED) is 0.804. The Balaban J connectivity index is 2.96. The summed E-state index contributed by atoms with van der Waals surface area (Å²) in [5.41, 5.74) is 0.610. The predicted octanol–water partition coefficient (Wildman–Crippen LogP) is 2.86. The highest BCUT2D eigenvalue weighted by molar-refractivity contribution is 9.10. The smallest absolute Gasteiger partial charge is 0.137 e. The summed E-state index contributed by atoms with van der Waals surface area (Å²) in [6, 6.07) is 4.31. The van der Waals surface area contributed by atoms with Crippen LogP contribution in [0.1, 0.15) is 11.7 Å². The molecule has 0 unspecified atom stereocenters. The molecule has 0 fully saturated rings. The average molecular weight is 253 g/mol. The van der Waals surface area contributed by atoms with E-state index in [0.29, 0.717) is 10.0 Å². The minimum atomic E-state index is -0.733. The zero-order valence-corrected chi connectivity index (χ0v) is 8.44. The number of benzene rings is 1. The molecule has 1 N–H and O–H groups in total. The highest BCUT2D eigenvalue weighted by atomic mass is 79.9. The first kappa shape index (κ1) is 9.96. The summed E-state index contributed by atoms with van der Waals surface area (Å²) in [6.45, 7) is 0. The molecule has 66 valence electrons. The minimum absolute atomic E-state index is 0.109. The lowest BCUT2D eigenvalue weighted by Gasteiger charge is -2.06. The van der Waals surface area contributed by atoms with E-state index in [9.17, 15) is 9.50 Å². The molecule has 4 heteroatoms. The van der Waals surface area contributed by atoms with Crippen LogP contribution >= 0.6 is 27.5 Å². The van der Waals surface area contributed by atoms with Gasteiger partial charge in [0.1, 0.15) is 5.82 Å². The monoisotopic (exact) mass is 252 g/mol. The lowest BCUT2D eigenvalue weighted by molar-refractivity contribution is 0.202. The van der Waals surface area contributed by atoms with Crippen LogP contribution in [0.4, 0.5) is 4.39 Å². The fourth-order valence-corrected chi connectivity index (χ4v) is 1.38. The summed E-state index contributed by atoms with van der Waals surface area (Å²) >= 11 is 8.43. The van der Waals surface area contributed by atoms with Crippen LogP contribution in [0.25, 0.3) is 0 Å². The molecule has 0 heterocycles. The number of aliphatic hydroxyl groups excluding tert-OH is 1. The normalized spacial score (nSPS) is 13.0. The molecule has 0 aliphatic heterocycles. The largest absolute Gasteiger partial charge is 0.387 e. The van der Waals surface area contributed by atoms with E-state index in [1.807, 2.05) is 0 Å². The molecule has 0 radical (unpaired) electrons. The Labute approximate surface area is 83.3 Å². The third-order valence-corrected chi connectivity index (χ3v) is 2.37. The zero-order chi connectivity index (χ0) is 9.14. The molecule has 1 aromatic rings. The molecule has 1 rings (SSSR count). The predicted molar refractivity (Wildman–Crippen MR) is 49.8 cm³/mol. The Hall–Kier alpha value is -0.120. The topological polar surface area (TPSA) is 20.2 Å². The number of alkyl halides is 1. The van der Waals surface area contributed by atoms with Crippen LogP contribution in [0.3, 0.4) is 0 Å². The maximum absolute atomic E-state index is 12.7. The van der Waals surface area contributed by atoms with Gasteiger partial charge in [-0.1, -0.05) is 6.07 Å². The third kappa shape index (κ3) is 2.19. The van der Waals surface area contributed by atoms with Crippen molar-refractivity contribution in [2.24, 2.45) is 0 Å². The van der Waals surface area contributed by atoms with Crippen molar-refractivity contribution in [3.05, 3.63) is 34.1 Å². The van der Waals surface area contributed by atoms with E-state index in [2.05, 4.69) is 15.9 Å². The van der Waals surface area contributed by atoms with Gasteiger partial charge >= 0.3 is 0 Å². The fraction of sp³-hybridized carbons (Fsp3) is 0.250. The van der Waals surface area contributed by atoms with Gasteiger partial charge in [-0.15, -0.1) is 11.6 Å². The van der Waals surface area contributed by atoms with E-state index >= 15 is 0 Å². The molecule has 0 amide bonds. The van der Waals surface area contributed by atoms with Crippen LogP contribution < -0.4 is 0 Å². The Bertz CT molecular complexity index is 280. The molecule has 0 bridgehead atoms. The van der Waals surface area contributed by atoms with Gasteiger partial charge in [0.05, 0.1) is 16.5 Å². The summed E-state index contributed by atoms with van der Waals surface area (Å²) in [5.74, 6) is -0.238. The van der Waals surface area contributed by atoms with Crippen molar-refractivity contribution < 1.29 is 9.50 Å². The first-order valence-electron chi connectivity index (χ1n) is 3.34. The lowest BCUT2D eigenvalue weighted by atomic mass is 10.1. The van der Waals surface area contributed by atoms with E-state index in [-0.39, 0.29) is 11.7 Å². The first-order chi connectivity index (χ1) is 5.65. The molecule has 1 nitrogen and oxygen atoms in total. The van der Waals surface area contributed by atoms with Crippen LogP contribution in [0.2, 0.25) is 0 Å². The Morgan fingerprint density at radius 3 is 2.75 bits per heavy atom. The van der Waals surface area contributed by atoms with Crippen molar-refractivity contribution >= 4 is 27.5 Å². The minimum Gasteiger partial charge on any atom is -0.387 e. The summed E-state index contributed by atoms with van der Waals surface area (Å²) < 4.78 is 13.0. The second-order valence-corrected chi connectivity index (χ2v) is 3.51. The maximum atomic E-state index is 12.7. The zero-order valence-electron chi connectivity index (χ0n) is 6.10. The van der Waals surface area contributed by atoms with Crippen LogP contribution in [0, 0.1) is 5.82 Å². The van der Waals surface area contributed by atoms with Gasteiger partial charge in [0.2, 0.25) is 0 Å². The van der Waals surface area contributed by atoms with Gasteiger partial charge in [0.25, 0.3) is 0 Å². The number of rotatable bonds is 2. The van der Waals surface area contributed by atoms with Crippen molar-refractivity contribution in [3.63, 3.8) is 0 Å². The molecule has 0 aliphatic carbocycles. The Morgan fingerprint density at radius 1 is 1.58 bits per heavy atom.